The van der Waals surface area contributed by atoms with Gasteiger partial charge in [-0.05, 0) is 30.4 Å². The van der Waals surface area contributed by atoms with Gasteiger partial charge >= 0.3 is 6.03 Å². The fourth-order valence-electron chi connectivity index (χ4n) is 2.90. The fourth-order valence-corrected chi connectivity index (χ4v) is 2.90. The Kier molecular flexibility index (Phi) is 4.10. The minimum atomic E-state index is -0.419. The second-order valence-electron chi connectivity index (χ2n) is 5.67. The number of fused-ring (bicyclic) bond motifs is 1. The standard InChI is InChI=1S/C16H21N3O2/c20-15-8-4-3-7-14(15)19-16(21)17-10-12-9-11-5-1-2-6-13(11)18-12/h1-2,5-6,9,14-15,18,20H,3-4,7-8,10H2,(H2,17,19,21). The molecule has 1 fully saturated rings. The van der Waals surface area contributed by atoms with E-state index in [1.807, 2.05) is 30.3 Å². The predicted molar refractivity (Wildman–Crippen MR) is 81.9 cm³/mol. The molecule has 1 aromatic carbocycles. The number of hydrogen-bond donors (Lipinski definition) is 4. The van der Waals surface area contributed by atoms with Crippen molar-refractivity contribution < 1.29 is 9.90 Å². The summed E-state index contributed by atoms with van der Waals surface area (Å²) in [6.07, 6.45) is 3.30. The van der Waals surface area contributed by atoms with Crippen LogP contribution in [0.5, 0.6) is 0 Å². The lowest BCUT2D eigenvalue weighted by atomic mass is 9.93. The number of amides is 2. The number of para-hydroxylation sites is 1. The number of aromatic nitrogens is 1. The van der Waals surface area contributed by atoms with Gasteiger partial charge < -0.3 is 20.7 Å². The van der Waals surface area contributed by atoms with Crippen LogP contribution in [0.15, 0.2) is 30.3 Å². The number of H-pyrrole nitrogens is 1. The molecule has 0 spiro atoms. The van der Waals surface area contributed by atoms with E-state index < -0.39 is 6.10 Å². The van der Waals surface area contributed by atoms with Crippen molar-refractivity contribution >= 4 is 16.9 Å². The molecule has 1 aromatic heterocycles. The SMILES string of the molecule is O=C(NCc1cc2ccccc2[nH]1)NC1CCCCC1O. The molecule has 2 atom stereocenters. The van der Waals surface area contributed by atoms with Crippen LogP contribution in [0, 0.1) is 0 Å². The molecule has 4 N–H and O–H groups in total. The molecule has 0 aliphatic heterocycles. The van der Waals surface area contributed by atoms with Gasteiger partial charge in [0.2, 0.25) is 0 Å². The van der Waals surface area contributed by atoms with Crippen molar-refractivity contribution in [2.75, 3.05) is 0 Å². The zero-order valence-electron chi connectivity index (χ0n) is 11.9. The van der Waals surface area contributed by atoms with Crippen molar-refractivity contribution in [2.24, 2.45) is 0 Å². The lowest BCUT2D eigenvalue weighted by Gasteiger charge is -2.28. The van der Waals surface area contributed by atoms with E-state index in [0.29, 0.717) is 6.54 Å². The van der Waals surface area contributed by atoms with Crippen molar-refractivity contribution in [3.05, 3.63) is 36.0 Å². The number of rotatable bonds is 3. The minimum absolute atomic E-state index is 0.124. The largest absolute Gasteiger partial charge is 0.391 e. The number of carbonyl (C=O) groups excluding carboxylic acids is 1. The summed E-state index contributed by atoms with van der Waals surface area (Å²) < 4.78 is 0. The molecular weight excluding hydrogens is 266 g/mol. The van der Waals surface area contributed by atoms with E-state index in [1.54, 1.807) is 0 Å². The quantitative estimate of drug-likeness (QED) is 0.699. The van der Waals surface area contributed by atoms with Crippen molar-refractivity contribution in [3.63, 3.8) is 0 Å². The van der Waals surface area contributed by atoms with Gasteiger partial charge in [-0.1, -0.05) is 31.0 Å². The first-order valence-electron chi connectivity index (χ1n) is 7.51. The zero-order valence-corrected chi connectivity index (χ0v) is 11.9. The Morgan fingerprint density at radius 1 is 1.29 bits per heavy atom. The van der Waals surface area contributed by atoms with Crippen molar-refractivity contribution in [1.82, 2.24) is 15.6 Å². The molecule has 2 unspecified atom stereocenters. The van der Waals surface area contributed by atoms with Gasteiger partial charge in [0.1, 0.15) is 0 Å². The Morgan fingerprint density at radius 3 is 2.90 bits per heavy atom. The highest BCUT2D eigenvalue weighted by Gasteiger charge is 2.24. The molecule has 1 heterocycles. The normalized spacial score (nSPS) is 22.1. The van der Waals surface area contributed by atoms with E-state index in [-0.39, 0.29) is 12.1 Å². The Morgan fingerprint density at radius 2 is 2.10 bits per heavy atom. The van der Waals surface area contributed by atoms with Gasteiger partial charge in [0.15, 0.2) is 0 Å². The number of benzene rings is 1. The first-order chi connectivity index (χ1) is 10.2. The van der Waals surface area contributed by atoms with E-state index >= 15 is 0 Å². The number of nitrogens with one attached hydrogen (secondary N) is 3. The number of aliphatic hydroxyl groups excluding tert-OH is 1. The van der Waals surface area contributed by atoms with Gasteiger partial charge in [-0.15, -0.1) is 0 Å². The van der Waals surface area contributed by atoms with Gasteiger partial charge in [0.25, 0.3) is 0 Å². The van der Waals surface area contributed by atoms with E-state index in [1.165, 1.54) is 0 Å². The maximum Gasteiger partial charge on any atom is 0.315 e. The van der Waals surface area contributed by atoms with Crippen LogP contribution in [-0.4, -0.2) is 28.3 Å². The van der Waals surface area contributed by atoms with Crippen LogP contribution >= 0.6 is 0 Å². The van der Waals surface area contributed by atoms with E-state index in [4.69, 9.17) is 0 Å². The summed E-state index contributed by atoms with van der Waals surface area (Å²) >= 11 is 0. The monoisotopic (exact) mass is 287 g/mol. The predicted octanol–water partition coefficient (Wildman–Crippen LogP) is 2.27. The number of hydrogen-bond acceptors (Lipinski definition) is 2. The lowest BCUT2D eigenvalue weighted by molar-refractivity contribution is 0.0943. The van der Waals surface area contributed by atoms with Gasteiger partial charge in [0.05, 0.1) is 18.7 Å². The molecule has 112 valence electrons. The number of carbonyl (C=O) groups is 1. The first-order valence-corrected chi connectivity index (χ1v) is 7.51. The highest BCUT2D eigenvalue weighted by Crippen LogP contribution is 2.18. The molecule has 1 saturated carbocycles. The minimum Gasteiger partial charge on any atom is -0.391 e. The summed E-state index contributed by atoms with van der Waals surface area (Å²) in [7, 11) is 0. The van der Waals surface area contributed by atoms with Crippen molar-refractivity contribution in [1.29, 1.82) is 0 Å². The smallest absolute Gasteiger partial charge is 0.315 e. The van der Waals surface area contributed by atoms with Crippen LogP contribution in [0.1, 0.15) is 31.4 Å². The average molecular weight is 287 g/mol. The molecule has 3 rings (SSSR count). The molecule has 2 amide bonds. The molecule has 0 saturated heterocycles. The third-order valence-corrected chi connectivity index (χ3v) is 4.07. The van der Waals surface area contributed by atoms with Crippen LogP contribution in [0.4, 0.5) is 4.79 Å². The van der Waals surface area contributed by atoms with Gasteiger partial charge in [0, 0.05) is 11.2 Å². The van der Waals surface area contributed by atoms with Crippen LogP contribution in [-0.2, 0) is 6.54 Å². The highest BCUT2D eigenvalue weighted by molar-refractivity contribution is 5.80. The Balaban J connectivity index is 1.53. The van der Waals surface area contributed by atoms with Crippen molar-refractivity contribution in [2.45, 2.75) is 44.4 Å². The summed E-state index contributed by atoms with van der Waals surface area (Å²) in [5.74, 6) is 0. The Bertz CT molecular complexity index is 590. The van der Waals surface area contributed by atoms with Gasteiger partial charge in [-0.2, -0.15) is 0 Å². The highest BCUT2D eigenvalue weighted by atomic mass is 16.3. The molecular formula is C16H21N3O2. The number of aromatic amines is 1. The first kappa shape index (κ1) is 13.9. The Labute approximate surface area is 123 Å². The second kappa shape index (κ2) is 6.18. The molecule has 5 nitrogen and oxygen atoms in total. The maximum atomic E-state index is 11.9. The summed E-state index contributed by atoms with van der Waals surface area (Å²) in [4.78, 5) is 15.2. The van der Waals surface area contributed by atoms with Gasteiger partial charge in [-0.25, -0.2) is 4.79 Å². The lowest BCUT2D eigenvalue weighted by Crippen LogP contribution is -2.48. The van der Waals surface area contributed by atoms with Crippen LogP contribution < -0.4 is 10.6 Å². The van der Waals surface area contributed by atoms with E-state index in [9.17, 15) is 9.90 Å². The zero-order chi connectivity index (χ0) is 14.7. The molecule has 2 aromatic rings. The van der Waals surface area contributed by atoms with Crippen LogP contribution in [0.3, 0.4) is 0 Å². The third kappa shape index (κ3) is 3.36. The second-order valence-corrected chi connectivity index (χ2v) is 5.67. The summed E-state index contributed by atoms with van der Waals surface area (Å²) in [6, 6.07) is 9.70. The van der Waals surface area contributed by atoms with E-state index in [0.717, 1.165) is 42.3 Å². The maximum absolute atomic E-state index is 11.9. The molecule has 5 heteroatoms. The van der Waals surface area contributed by atoms with E-state index in [2.05, 4.69) is 15.6 Å². The van der Waals surface area contributed by atoms with Crippen LogP contribution in [0.2, 0.25) is 0 Å². The van der Waals surface area contributed by atoms with Crippen molar-refractivity contribution in [3.8, 4) is 0 Å². The molecule has 0 bridgehead atoms. The van der Waals surface area contributed by atoms with Gasteiger partial charge in [-0.3, -0.25) is 0 Å². The van der Waals surface area contributed by atoms with Crippen LogP contribution in [0.25, 0.3) is 10.9 Å². The molecule has 1 aliphatic carbocycles. The number of aliphatic hydroxyl groups is 1. The molecule has 1 aliphatic rings. The molecule has 0 radical (unpaired) electrons. The fraction of sp³-hybridized carbons (Fsp3) is 0.438. The molecule has 21 heavy (non-hydrogen) atoms. The summed E-state index contributed by atoms with van der Waals surface area (Å²) in [5, 5.41) is 16.7. The average Bonchev–Trinajstić information content (AvgIpc) is 2.90. The number of urea groups is 1. The Hall–Kier alpha value is -2.01. The third-order valence-electron chi connectivity index (χ3n) is 4.07. The summed E-state index contributed by atoms with van der Waals surface area (Å²) in [5.41, 5.74) is 2.04. The summed E-state index contributed by atoms with van der Waals surface area (Å²) in [6.45, 7) is 0.448. The topological polar surface area (TPSA) is 77.2 Å².